The lowest BCUT2D eigenvalue weighted by Crippen LogP contribution is -2.36. The number of aromatic hydroxyl groups is 1. The lowest BCUT2D eigenvalue weighted by molar-refractivity contribution is -0.123. The smallest absolute Gasteiger partial charge is 0.336 e. The zero-order chi connectivity index (χ0) is 59.5. The van der Waals surface area contributed by atoms with Crippen molar-refractivity contribution in [1.29, 1.82) is 0 Å². The Hall–Kier alpha value is -6.48. The molecule has 7 rings (SSSR count). The number of carbonyl (C=O) groups is 4. The van der Waals surface area contributed by atoms with Gasteiger partial charge in [0.15, 0.2) is 10.5 Å². The fourth-order valence-corrected chi connectivity index (χ4v) is 12.0. The van der Waals surface area contributed by atoms with Gasteiger partial charge in [-0.1, -0.05) is 42.9 Å². The maximum atomic E-state index is 13.0. The number of benzene rings is 3. The van der Waals surface area contributed by atoms with E-state index in [1.807, 2.05) is 0 Å². The number of aromatic carboxylic acids is 1. The molecule has 456 valence electrons. The van der Waals surface area contributed by atoms with Crippen LogP contribution in [0.1, 0.15) is 126 Å². The monoisotopic (exact) mass is 1180 g/mol. The summed E-state index contributed by atoms with van der Waals surface area (Å²) in [5, 5.41) is 36.5. The second-order valence-corrected chi connectivity index (χ2v) is 22.7. The maximum Gasteiger partial charge on any atom is 0.336 e. The van der Waals surface area contributed by atoms with E-state index in [9.17, 15) is 34.2 Å². The minimum atomic E-state index is -1.16. The van der Waals surface area contributed by atoms with Gasteiger partial charge >= 0.3 is 5.97 Å². The molecule has 84 heavy (non-hydrogen) atoms. The molecule has 0 bridgehead atoms. The number of carboxylic acid groups (broad SMARTS) is 1. The second kappa shape index (κ2) is 34.5. The van der Waals surface area contributed by atoms with Crippen molar-refractivity contribution in [3.63, 3.8) is 0 Å². The summed E-state index contributed by atoms with van der Waals surface area (Å²) in [6.07, 6.45) is 20.6. The number of allylic oxidation sites excluding steroid dienone is 5. The fraction of sp³-hybridized carbons (Fsp3) is 0.538. The Bertz CT molecular complexity index is 2940. The number of ether oxygens (including phenoxy) is 5. The second-order valence-electron chi connectivity index (χ2n) is 22.3. The van der Waals surface area contributed by atoms with E-state index >= 15 is 0 Å². The highest BCUT2D eigenvalue weighted by molar-refractivity contribution is 7.80. The Kier molecular flexibility index (Phi) is 26.7. The Balaban J connectivity index is 0.603. The van der Waals surface area contributed by atoms with Crippen LogP contribution in [0.25, 0.3) is 33.4 Å². The summed E-state index contributed by atoms with van der Waals surface area (Å²) in [4.78, 5) is 62.2. The number of anilines is 1. The van der Waals surface area contributed by atoms with Crippen molar-refractivity contribution >= 4 is 57.7 Å². The van der Waals surface area contributed by atoms with Gasteiger partial charge in [-0.05, 0) is 167 Å². The molecule has 3 saturated carbocycles. The minimum absolute atomic E-state index is 0.00751. The van der Waals surface area contributed by atoms with Gasteiger partial charge in [0.2, 0.25) is 17.7 Å². The number of amides is 3. The predicted molar refractivity (Wildman–Crippen MR) is 329 cm³/mol. The number of unbranched alkanes of at least 4 members (excludes halogenated alkanes) is 3. The lowest BCUT2D eigenvalue weighted by atomic mass is 9.63. The summed E-state index contributed by atoms with van der Waals surface area (Å²) in [6, 6.07) is 13.8. The Labute approximate surface area is 499 Å². The minimum Gasteiger partial charge on any atom is -0.508 e. The van der Waals surface area contributed by atoms with E-state index < -0.39 is 5.97 Å². The molecule has 0 aromatic heterocycles. The van der Waals surface area contributed by atoms with Gasteiger partial charge in [0.05, 0.1) is 71.6 Å². The van der Waals surface area contributed by atoms with Crippen LogP contribution in [-0.2, 0) is 38.1 Å². The molecule has 0 saturated heterocycles. The number of carboxylic acids is 1. The summed E-state index contributed by atoms with van der Waals surface area (Å²) < 4.78 is 33.6. The molecular formula is C65H87N5O13S. The molecule has 3 atom stereocenters. The van der Waals surface area contributed by atoms with Gasteiger partial charge in [0, 0.05) is 79.8 Å². The maximum absolute atomic E-state index is 13.0. The van der Waals surface area contributed by atoms with Crippen LogP contribution in [0.5, 0.6) is 5.75 Å². The summed E-state index contributed by atoms with van der Waals surface area (Å²) in [7, 11) is 0. The molecular weight excluding hydrogens is 1090 g/mol. The summed E-state index contributed by atoms with van der Waals surface area (Å²) in [6.45, 7) is 12.8. The normalized spacial score (nSPS) is 18.7. The van der Waals surface area contributed by atoms with Crippen molar-refractivity contribution in [3.05, 3.63) is 106 Å². The van der Waals surface area contributed by atoms with E-state index in [4.69, 9.17) is 40.3 Å². The number of rotatable bonds is 35. The number of fused-ring (bicyclic) bond motifs is 3. The quantitative estimate of drug-likeness (QED) is 0.0129. The number of carbonyl (C=O) groups excluding carboxylic acids is 3. The number of hydrogen-bond acceptors (Lipinski definition) is 13. The third kappa shape index (κ3) is 20.4. The van der Waals surface area contributed by atoms with E-state index in [0.29, 0.717) is 142 Å². The zero-order valence-corrected chi connectivity index (χ0v) is 49.7. The molecule has 0 spiro atoms. The molecule has 7 N–H and O–H groups in total. The Morgan fingerprint density at radius 3 is 1.92 bits per heavy atom. The number of hydrogen-bond donors (Lipinski definition) is 7. The van der Waals surface area contributed by atoms with Crippen molar-refractivity contribution in [1.82, 2.24) is 21.3 Å². The van der Waals surface area contributed by atoms with Crippen LogP contribution >= 0.6 is 12.2 Å². The average Bonchev–Trinajstić information content (AvgIpc) is 2.75. The van der Waals surface area contributed by atoms with Crippen molar-refractivity contribution < 1.29 is 57.5 Å². The summed E-state index contributed by atoms with van der Waals surface area (Å²) in [5.41, 5.74) is 6.53. The zero-order valence-electron chi connectivity index (χ0n) is 48.9. The number of phenols is 1. The first-order valence-electron chi connectivity index (χ1n) is 30.2. The molecule has 3 amide bonds. The molecule has 3 unspecified atom stereocenters. The summed E-state index contributed by atoms with van der Waals surface area (Å²) in [5.74, 6) is 0.0728. The van der Waals surface area contributed by atoms with E-state index in [1.54, 1.807) is 29.8 Å². The van der Waals surface area contributed by atoms with Gasteiger partial charge < -0.3 is 64.9 Å². The van der Waals surface area contributed by atoms with E-state index in [-0.39, 0.29) is 65.1 Å². The Morgan fingerprint density at radius 2 is 1.27 bits per heavy atom. The van der Waals surface area contributed by atoms with Crippen LogP contribution in [0.15, 0.2) is 99.3 Å². The van der Waals surface area contributed by atoms with Gasteiger partial charge in [-0.3, -0.25) is 19.2 Å². The highest BCUT2D eigenvalue weighted by Gasteiger charge is 2.49. The molecule has 3 fully saturated rings. The van der Waals surface area contributed by atoms with Crippen LogP contribution in [0.4, 0.5) is 5.69 Å². The molecule has 4 aliphatic carbocycles. The third-order valence-electron chi connectivity index (χ3n) is 16.3. The molecule has 18 nitrogen and oxygen atoms in total. The van der Waals surface area contributed by atoms with Crippen LogP contribution in [-0.4, -0.2) is 131 Å². The fourth-order valence-electron chi connectivity index (χ4n) is 11.8. The molecule has 5 aliphatic rings. The van der Waals surface area contributed by atoms with E-state index in [0.717, 1.165) is 51.4 Å². The number of phenolic OH excluding ortho intramolecular Hbond substituents is 1. The van der Waals surface area contributed by atoms with E-state index in [2.05, 4.69) is 52.2 Å². The first-order chi connectivity index (χ1) is 40.8. The molecule has 1 aliphatic heterocycles. The number of thiocarbonyl (C=S) groups is 1. The Morgan fingerprint density at radius 1 is 0.679 bits per heavy atom. The van der Waals surface area contributed by atoms with E-state index in [1.165, 1.54) is 80.0 Å². The molecule has 2 aromatic carbocycles. The standard InChI is InChI=1S/C65H87N5O13S/c1-45-11-4-5-12-46(45)14-15-47-13-10-26-65(2)48(16-23-56(47)65)41-61(75)68-29-9-8-28-67-60(74)25-32-79-34-36-81-38-40-82-39-37-80-35-33-78-31-24-59(73)66-27-6-3-7-30-69-64(84)70-49-17-20-52(55(42-49)63(76)77)62-53-21-18-50(71)43-57(53)83-58-44-51(72)19-22-54(58)62/h14-15,17-22,42-44,48,56,71H,1,3-13,16,23-41H2,2H3,(H,66,73)(H,67,74)(H,68,75)(H,76,77)(H2,69,70,84)/b46-14-,47-15+. The van der Waals surface area contributed by atoms with Gasteiger partial charge in [-0.25, -0.2) is 4.79 Å². The van der Waals surface area contributed by atoms with Crippen LogP contribution in [0, 0.1) is 17.3 Å². The van der Waals surface area contributed by atoms with Gasteiger partial charge in [-0.15, -0.1) is 0 Å². The first-order valence-corrected chi connectivity index (χ1v) is 30.6. The SMILES string of the molecule is C=C1CCCC/C1=C/C=C1\CCCC2(C)C(CC(=O)NCCCCNC(=O)CCOCCOCCOCCOCCOCCC(=O)NCCCCCNC(=S)Nc3ccc(-c4c5ccc(=O)cc-5oc5cc(O)ccc45)c(C(=O)O)c3)CCC12. The molecule has 0 radical (unpaired) electrons. The van der Waals surface area contributed by atoms with Gasteiger partial charge in [-0.2, -0.15) is 0 Å². The van der Waals surface area contributed by atoms with Crippen LogP contribution in [0.3, 0.4) is 0 Å². The van der Waals surface area contributed by atoms with Gasteiger partial charge in [0.25, 0.3) is 0 Å². The molecule has 19 heteroatoms. The third-order valence-corrected chi connectivity index (χ3v) is 16.6. The first kappa shape index (κ1) is 65.1. The van der Waals surface area contributed by atoms with Crippen LogP contribution < -0.4 is 32.0 Å². The average molecular weight is 1180 g/mol. The van der Waals surface area contributed by atoms with Gasteiger partial charge in [0.1, 0.15) is 17.1 Å². The van der Waals surface area contributed by atoms with Crippen molar-refractivity contribution in [2.45, 2.75) is 116 Å². The topological polar surface area (TPSA) is 245 Å². The lowest BCUT2D eigenvalue weighted by Gasteiger charge is -2.42. The predicted octanol–water partition coefficient (Wildman–Crippen LogP) is 10.0. The highest BCUT2D eigenvalue weighted by Crippen LogP contribution is 2.58. The van der Waals surface area contributed by atoms with Crippen LogP contribution in [0.2, 0.25) is 0 Å². The van der Waals surface area contributed by atoms with Crippen molar-refractivity contribution in [3.8, 4) is 28.2 Å². The summed E-state index contributed by atoms with van der Waals surface area (Å²) >= 11 is 5.48. The number of nitrogens with one attached hydrogen (secondary N) is 5. The highest BCUT2D eigenvalue weighted by atomic mass is 32.1. The van der Waals surface area contributed by atoms with Crippen molar-refractivity contribution in [2.24, 2.45) is 17.3 Å². The molecule has 1 heterocycles. The molecule has 2 aromatic rings. The largest absolute Gasteiger partial charge is 0.508 e. The van der Waals surface area contributed by atoms with Crippen molar-refractivity contribution in [2.75, 3.05) is 97.6 Å².